The molecule has 1 atom stereocenters. The number of carboxylic acids is 1. The lowest BCUT2D eigenvalue weighted by Crippen LogP contribution is -2.39. The second kappa shape index (κ2) is 6.06. The zero-order valence-electron chi connectivity index (χ0n) is 11.5. The zero-order chi connectivity index (χ0) is 13.8. The normalized spacial score (nSPS) is 16.1. The zero-order valence-corrected chi connectivity index (χ0v) is 11.5. The SMILES string of the molecule is Cc1ccc(OCCC(NC2CC2)C(=O)O)c(C)c1. The maximum atomic E-state index is 11.1. The highest BCUT2D eigenvalue weighted by Gasteiger charge is 2.27. The van der Waals surface area contributed by atoms with E-state index in [4.69, 9.17) is 9.84 Å². The van der Waals surface area contributed by atoms with Crippen LogP contribution in [0.1, 0.15) is 30.4 Å². The summed E-state index contributed by atoms with van der Waals surface area (Å²) >= 11 is 0. The number of aliphatic carboxylic acids is 1. The Morgan fingerprint density at radius 1 is 1.47 bits per heavy atom. The number of ether oxygens (including phenoxy) is 1. The van der Waals surface area contributed by atoms with Gasteiger partial charge < -0.3 is 15.2 Å². The molecule has 1 aromatic rings. The molecule has 1 saturated carbocycles. The van der Waals surface area contributed by atoms with Gasteiger partial charge in [-0.2, -0.15) is 0 Å². The molecular formula is C15H21NO3. The summed E-state index contributed by atoms with van der Waals surface area (Å²) < 4.78 is 5.67. The average molecular weight is 263 g/mol. The van der Waals surface area contributed by atoms with E-state index in [0.29, 0.717) is 19.1 Å². The van der Waals surface area contributed by atoms with Crippen LogP contribution in [0.25, 0.3) is 0 Å². The van der Waals surface area contributed by atoms with Crippen LogP contribution in [0.2, 0.25) is 0 Å². The molecule has 0 aliphatic heterocycles. The first-order valence-corrected chi connectivity index (χ1v) is 6.75. The number of carbonyl (C=O) groups is 1. The van der Waals surface area contributed by atoms with Gasteiger partial charge in [-0.3, -0.25) is 4.79 Å². The molecule has 0 bridgehead atoms. The number of rotatable bonds is 7. The smallest absolute Gasteiger partial charge is 0.320 e. The molecule has 0 amide bonds. The molecule has 1 fully saturated rings. The van der Waals surface area contributed by atoms with Crippen molar-refractivity contribution in [1.29, 1.82) is 0 Å². The predicted octanol–water partition coefficient (Wildman–Crippen LogP) is 2.28. The first kappa shape index (κ1) is 13.9. The maximum absolute atomic E-state index is 11.1. The molecule has 0 spiro atoms. The highest BCUT2D eigenvalue weighted by Crippen LogP contribution is 2.21. The largest absolute Gasteiger partial charge is 0.493 e. The number of hydrogen-bond acceptors (Lipinski definition) is 3. The first-order valence-electron chi connectivity index (χ1n) is 6.75. The van der Waals surface area contributed by atoms with Crippen molar-refractivity contribution in [2.75, 3.05) is 6.61 Å². The van der Waals surface area contributed by atoms with Crippen LogP contribution in [-0.2, 0) is 4.79 Å². The van der Waals surface area contributed by atoms with E-state index in [0.717, 1.165) is 24.2 Å². The number of hydrogen-bond donors (Lipinski definition) is 2. The fourth-order valence-electron chi connectivity index (χ4n) is 2.06. The van der Waals surface area contributed by atoms with Gasteiger partial charge in [0.1, 0.15) is 11.8 Å². The van der Waals surface area contributed by atoms with E-state index >= 15 is 0 Å². The molecule has 1 unspecified atom stereocenters. The van der Waals surface area contributed by atoms with Gasteiger partial charge in [0.2, 0.25) is 0 Å². The number of carboxylic acid groups (broad SMARTS) is 1. The van der Waals surface area contributed by atoms with Crippen LogP contribution in [0.4, 0.5) is 0 Å². The number of nitrogens with one attached hydrogen (secondary N) is 1. The van der Waals surface area contributed by atoms with Crippen LogP contribution < -0.4 is 10.1 Å². The maximum Gasteiger partial charge on any atom is 0.320 e. The topological polar surface area (TPSA) is 58.6 Å². The summed E-state index contributed by atoms with van der Waals surface area (Å²) in [7, 11) is 0. The van der Waals surface area contributed by atoms with Crippen molar-refractivity contribution in [2.45, 2.75) is 45.2 Å². The Balaban J connectivity index is 1.82. The Labute approximate surface area is 113 Å². The molecule has 0 aromatic heterocycles. The second-order valence-corrected chi connectivity index (χ2v) is 5.24. The Kier molecular flexibility index (Phi) is 4.43. The molecule has 19 heavy (non-hydrogen) atoms. The molecule has 4 heteroatoms. The van der Waals surface area contributed by atoms with Crippen molar-refractivity contribution in [3.8, 4) is 5.75 Å². The van der Waals surface area contributed by atoms with Crippen LogP contribution in [0, 0.1) is 13.8 Å². The third-order valence-corrected chi connectivity index (χ3v) is 3.31. The van der Waals surface area contributed by atoms with Crippen LogP contribution in [0.15, 0.2) is 18.2 Å². The Bertz CT molecular complexity index is 455. The van der Waals surface area contributed by atoms with Gasteiger partial charge in [-0.05, 0) is 38.3 Å². The van der Waals surface area contributed by atoms with Crippen LogP contribution in [0.3, 0.4) is 0 Å². The fraction of sp³-hybridized carbons (Fsp3) is 0.533. The summed E-state index contributed by atoms with van der Waals surface area (Å²) in [6.07, 6.45) is 2.66. The van der Waals surface area contributed by atoms with Gasteiger partial charge in [-0.1, -0.05) is 17.7 Å². The van der Waals surface area contributed by atoms with E-state index in [2.05, 4.69) is 11.4 Å². The Morgan fingerprint density at radius 2 is 2.21 bits per heavy atom. The van der Waals surface area contributed by atoms with Gasteiger partial charge >= 0.3 is 5.97 Å². The molecule has 104 valence electrons. The van der Waals surface area contributed by atoms with Gasteiger partial charge in [-0.15, -0.1) is 0 Å². The molecule has 1 aromatic carbocycles. The molecule has 0 radical (unpaired) electrons. The lowest BCUT2D eigenvalue weighted by atomic mass is 10.1. The molecule has 0 saturated heterocycles. The van der Waals surface area contributed by atoms with Crippen LogP contribution >= 0.6 is 0 Å². The van der Waals surface area contributed by atoms with E-state index in [1.807, 2.05) is 26.0 Å². The number of aryl methyl sites for hydroxylation is 2. The summed E-state index contributed by atoms with van der Waals surface area (Å²) in [6.45, 7) is 4.46. The minimum atomic E-state index is -0.795. The minimum absolute atomic E-state index is 0.391. The van der Waals surface area contributed by atoms with Crippen molar-refractivity contribution >= 4 is 5.97 Å². The molecule has 0 heterocycles. The third-order valence-electron chi connectivity index (χ3n) is 3.31. The summed E-state index contributed by atoms with van der Waals surface area (Å²) in [5.41, 5.74) is 2.28. The number of benzene rings is 1. The lowest BCUT2D eigenvalue weighted by molar-refractivity contribution is -0.139. The molecule has 2 rings (SSSR count). The van der Waals surface area contributed by atoms with Crippen molar-refractivity contribution in [3.63, 3.8) is 0 Å². The van der Waals surface area contributed by atoms with Gasteiger partial charge in [-0.25, -0.2) is 0 Å². The van der Waals surface area contributed by atoms with Crippen molar-refractivity contribution in [1.82, 2.24) is 5.32 Å². The van der Waals surface area contributed by atoms with E-state index in [-0.39, 0.29) is 0 Å². The minimum Gasteiger partial charge on any atom is -0.493 e. The van der Waals surface area contributed by atoms with Crippen molar-refractivity contribution in [3.05, 3.63) is 29.3 Å². The lowest BCUT2D eigenvalue weighted by Gasteiger charge is -2.15. The van der Waals surface area contributed by atoms with E-state index in [1.54, 1.807) is 0 Å². The summed E-state index contributed by atoms with van der Waals surface area (Å²) in [5.74, 6) is 0.0392. The predicted molar refractivity (Wildman–Crippen MR) is 73.6 cm³/mol. The fourth-order valence-corrected chi connectivity index (χ4v) is 2.06. The second-order valence-electron chi connectivity index (χ2n) is 5.24. The van der Waals surface area contributed by atoms with Crippen LogP contribution in [0.5, 0.6) is 5.75 Å². The molecule has 1 aliphatic rings. The highest BCUT2D eigenvalue weighted by atomic mass is 16.5. The van der Waals surface area contributed by atoms with Gasteiger partial charge in [0.15, 0.2) is 0 Å². The summed E-state index contributed by atoms with van der Waals surface area (Å²) in [6, 6.07) is 5.89. The summed E-state index contributed by atoms with van der Waals surface area (Å²) in [5, 5.41) is 12.2. The van der Waals surface area contributed by atoms with Crippen molar-refractivity contribution < 1.29 is 14.6 Å². The van der Waals surface area contributed by atoms with Crippen molar-refractivity contribution in [2.24, 2.45) is 0 Å². The molecule has 2 N–H and O–H groups in total. The quantitative estimate of drug-likeness (QED) is 0.792. The van der Waals surface area contributed by atoms with E-state index in [1.165, 1.54) is 5.56 Å². The van der Waals surface area contributed by atoms with E-state index in [9.17, 15) is 4.79 Å². The molecule has 1 aliphatic carbocycles. The van der Waals surface area contributed by atoms with E-state index < -0.39 is 12.0 Å². The Hall–Kier alpha value is -1.55. The standard InChI is InChI=1S/C15H21NO3/c1-10-3-6-14(11(2)9-10)19-8-7-13(15(17)18)16-12-4-5-12/h3,6,9,12-13,16H,4-5,7-8H2,1-2H3,(H,17,18). The monoisotopic (exact) mass is 263 g/mol. The first-order chi connectivity index (χ1) is 9.06. The average Bonchev–Trinajstić information content (AvgIpc) is 3.14. The van der Waals surface area contributed by atoms with Gasteiger partial charge in [0.05, 0.1) is 6.61 Å². The molecule has 4 nitrogen and oxygen atoms in total. The summed E-state index contributed by atoms with van der Waals surface area (Å²) in [4.78, 5) is 11.1. The van der Waals surface area contributed by atoms with Gasteiger partial charge in [0, 0.05) is 12.5 Å². The highest BCUT2D eigenvalue weighted by molar-refractivity contribution is 5.73. The Morgan fingerprint density at radius 3 is 2.79 bits per heavy atom. The van der Waals surface area contributed by atoms with Crippen LogP contribution in [-0.4, -0.2) is 29.8 Å². The third kappa shape index (κ3) is 4.24. The van der Waals surface area contributed by atoms with Gasteiger partial charge in [0.25, 0.3) is 0 Å². The molecular weight excluding hydrogens is 242 g/mol.